The summed E-state index contributed by atoms with van der Waals surface area (Å²) in [5.74, 6) is -0.986. The molecule has 0 aromatic carbocycles. The smallest absolute Gasteiger partial charge is 0.336 e. The number of esters is 2. The Morgan fingerprint density at radius 2 is 1.14 bits per heavy atom. The quantitative estimate of drug-likeness (QED) is 0.324. The molecule has 0 spiro atoms. The van der Waals surface area contributed by atoms with Gasteiger partial charge < -0.3 is 14.0 Å². The first-order chi connectivity index (χ1) is 13.0. The molecule has 0 unspecified atom stereocenters. The van der Waals surface area contributed by atoms with Gasteiger partial charge >= 0.3 is 11.9 Å². The Morgan fingerprint density at radius 3 is 1.46 bits per heavy atom. The van der Waals surface area contributed by atoms with E-state index in [4.69, 9.17) is 14.0 Å². The van der Waals surface area contributed by atoms with Crippen LogP contribution in [0.1, 0.15) is 75.7 Å². The molecule has 0 radical (unpaired) electrons. The van der Waals surface area contributed by atoms with Gasteiger partial charge in [-0.15, -0.1) is 0 Å². The first kappa shape index (κ1) is 27.2. The minimum Gasteiger partial charge on any atom is -0.466 e. The molecule has 0 aliphatic carbocycles. The number of carbonyl (C=O) groups excluding carboxylic acids is 2. The van der Waals surface area contributed by atoms with E-state index in [2.05, 4.69) is 64.7 Å². The molecule has 0 aliphatic heterocycles. The summed E-state index contributed by atoms with van der Waals surface area (Å²) in [6.45, 7) is 20.9. The van der Waals surface area contributed by atoms with Crippen LogP contribution in [0.4, 0.5) is 0 Å². The lowest BCUT2D eigenvalue weighted by atomic mass is 10.2. The number of carbonyl (C=O) groups is 2. The van der Waals surface area contributed by atoms with Gasteiger partial charge in [-0.3, -0.25) is 4.79 Å². The molecule has 0 amide bonds. The van der Waals surface area contributed by atoms with Gasteiger partial charge in [-0.1, -0.05) is 0 Å². The van der Waals surface area contributed by atoms with E-state index in [1.807, 2.05) is 0 Å². The zero-order chi connectivity index (χ0) is 22.0. The minimum absolute atomic E-state index is 0.153. The highest BCUT2D eigenvalue weighted by Crippen LogP contribution is 2.52. The Hall–Kier alpha value is -0.750. The topological polar surface area (TPSA) is 68.3 Å². The molecule has 0 aliphatic rings. The van der Waals surface area contributed by atoms with E-state index in [0.717, 1.165) is 0 Å². The highest BCUT2D eigenvalue weighted by molar-refractivity contribution is 7.47. The molecule has 0 heterocycles. The third kappa shape index (κ3) is 8.73. The third-order valence-electron chi connectivity index (χ3n) is 3.94. The fraction of sp³-hybridized carbons (Fsp3) is 0.900. The van der Waals surface area contributed by atoms with Crippen molar-refractivity contribution in [2.24, 2.45) is 0 Å². The predicted octanol–water partition coefficient (Wildman–Crippen LogP) is 4.35. The van der Waals surface area contributed by atoms with E-state index in [9.17, 15) is 9.59 Å². The van der Waals surface area contributed by atoms with Crippen molar-refractivity contribution in [2.45, 2.75) is 106 Å². The highest BCUT2D eigenvalue weighted by atomic mass is 31.2. The molecule has 28 heavy (non-hydrogen) atoms. The van der Waals surface area contributed by atoms with Crippen LogP contribution >= 0.6 is 8.45 Å². The Morgan fingerprint density at radius 1 is 0.750 bits per heavy atom. The molecule has 0 saturated heterocycles. The SMILES string of the molecule is CCOC(=O)C[C@H](OP(N(C(C)C)C(C)C)N(C(C)C)C(C)C)C(=O)OCC. The van der Waals surface area contributed by atoms with E-state index >= 15 is 0 Å². The zero-order valence-electron chi connectivity index (χ0n) is 19.4. The highest BCUT2D eigenvalue weighted by Gasteiger charge is 2.39. The van der Waals surface area contributed by atoms with Gasteiger partial charge in [0.05, 0.1) is 19.6 Å². The molecule has 0 N–H and O–H groups in total. The first-order valence-electron chi connectivity index (χ1n) is 10.3. The number of hydrogen-bond donors (Lipinski definition) is 0. The summed E-state index contributed by atoms with van der Waals surface area (Å²) in [6.07, 6.45) is -1.15. The summed E-state index contributed by atoms with van der Waals surface area (Å²) >= 11 is 0. The second-order valence-electron chi connectivity index (χ2n) is 7.74. The van der Waals surface area contributed by atoms with Gasteiger partial charge in [0, 0.05) is 24.2 Å². The standard InChI is InChI=1S/C20H41N2O5P/c1-11-25-19(23)13-18(20(24)26-12-2)27-28(21(14(3)4)15(5)6)22(16(7)8)17(9)10/h14-18H,11-13H2,1-10H3/t18-/m0/s1. The van der Waals surface area contributed by atoms with Crippen LogP contribution < -0.4 is 0 Å². The predicted molar refractivity (Wildman–Crippen MR) is 114 cm³/mol. The summed E-state index contributed by atoms with van der Waals surface area (Å²) < 4.78 is 21.2. The Labute approximate surface area is 173 Å². The largest absolute Gasteiger partial charge is 0.466 e. The summed E-state index contributed by atoms with van der Waals surface area (Å²) in [5.41, 5.74) is 0. The van der Waals surface area contributed by atoms with Crippen LogP contribution in [0.3, 0.4) is 0 Å². The first-order valence-corrected chi connectivity index (χ1v) is 11.5. The number of ether oxygens (including phenoxy) is 2. The van der Waals surface area contributed by atoms with Crippen molar-refractivity contribution in [3.8, 4) is 0 Å². The maximum atomic E-state index is 12.6. The van der Waals surface area contributed by atoms with Crippen molar-refractivity contribution >= 4 is 20.4 Å². The fourth-order valence-electron chi connectivity index (χ4n) is 3.09. The van der Waals surface area contributed by atoms with Crippen molar-refractivity contribution in [3.63, 3.8) is 0 Å². The van der Waals surface area contributed by atoms with Crippen LogP contribution in [-0.4, -0.2) is 64.8 Å². The summed E-state index contributed by atoms with van der Waals surface area (Å²) in [7, 11) is -1.31. The van der Waals surface area contributed by atoms with E-state index < -0.39 is 26.5 Å². The third-order valence-corrected chi connectivity index (χ3v) is 7.02. The fourth-order valence-corrected chi connectivity index (χ4v) is 5.52. The average Bonchev–Trinajstić information content (AvgIpc) is 2.53. The molecular weight excluding hydrogens is 379 g/mol. The number of hydrogen-bond acceptors (Lipinski definition) is 7. The van der Waals surface area contributed by atoms with Crippen LogP contribution in [0.5, 0.6) is 0 Å². The maximum absolute atomic E-state index is 12.6. The molecule has 8 heteroatoms. The van der Waals surface area contributed by atoms with Crippen LogP contribution in [0.25, 0.3) is 0 Å². The Bertz CT molecular complexity index is 436. The maximum Gasteiger partial charge on any atom is 0.336 e. The molecule has 0 aromatic rings. The molecule has 0 fully saturated rings. The molecule has 1 atom stereocenters. The van der Waals surface area contributed by atoms with Crippen molar-refractivity contribution < 1.29 is 23.6 Å². The van der Waals surface area contributed by atoms with E-state index in [-0.39, 0.29) is 43.8 Å². The average molecular weight is 421 g/mol. The summed E-state index contributed by atoms with van der Waals surface area (Å²) in [6, 6.07) is 0.821. The minimum atomic E-state index is -1.31. The van der Waals surface area contributed by atoms with Crippen LogP contribution in [-0.2, 0) is 23.6 Å². The van der Waals surface area contributed by atoms with Crippen LogP contribution in [0.15, 0.2) is 0 Å². The van der Waals surface area contributed by atoms with Gasteiger partial charge in [0.2, 0.25) is 0 Å². The van der Waals surface area contributed by atoms with Crippen molar-refractivity contribution in [1.82, 2.24) is 9.34 Å². The van der Waals surface area contributed by atoms with E-state index in [1.165, 1.54) is 0 Å². The zero-order valence-corrected chi connectivity index (χ0v) is 20.3. The molecule has 0 rings (SSSR count). The van der Waals surface area contributed by atoms with Gasteiger partial charge in [0.15, 0.2) is 14.6 Å². The van der Waals surface area contributed by atoms with Crippen LogP contribution in [0.2, 0.25) is 0 Å². The van der Waals surface area contributed by atoms with Crippen LogP contribution in [0, 0.1) is 0 Å². The van der Waals surface area contributed by atoms with Gasteiger partial charge in [-0.2, -0.15) is 0 Å². The summed E-state index contributed by atoms with van der Waals surface area (Å²) in [5, 5.41) is 0. The molecule has 0 aromatic heterocycles. The van der Waals surface area contributed by atoms with Gasteiger partial charge in [0.25, 0.3) is 0 Å². The monoisotopic (exact) mass is 420 g/mol. The Kier molecular flexibility index (Phi) is 13.1. The van der Waals surface area contributed by atoms with Crippen molar-refractivity contribution in [3.05, 3.63) is 0 Å². The lowest BCUT2D eigenvalue weighted by Crippen LogP contribution is -2.45. The van der Waals surface area contributed by atoms with E-state index in [0.29, 0.717) is 0 Å². The number of nitrogens with zero attached hydrogens (tertiary/aromatic N) is 2. The molecule has 0 saturated carbocycles. The lowest BCUT2D eigenvalue weighted by molar-refractivity contribution is -0.158. The second kappa shape index (κ2) is 13.5. The van der Waals surface area contributed by atoms with Gasteiger partial charge in [0.1, 0.15) is 0 Å². The van der Waals surface area contributed by atoms with Crippen molar-refractivity contribution in [1.29, 1.82) is 0 Å². The molecule has 0 bridgehead atoms. The molecule has 7 nitrogen and oxygen atoms in total. The molecule has 166 valence electrons. The summed E-state index contributed by atoms with van der Waals surface area (Å²) in [4.78, 5) is 24.7. The van der Waals surface area contributed by atoms with E-state index in [1.54, 1.807) is 13.8 Å². The van der Waals surface area contributed by atoms with Crippen molar-refractivity contribution in [2.75, 3.05) is 13.2 Å². The lowest BCUT2D eigenvalue weighted by Gasteiger charge is -2.46. The number of rotatable bonds is 13. The molecular formula is C20H41N2O5P. The normalized spacial score (nSPS) is 13.5. The van der Waals surface area contributed by atoms with Gasteiger partial charge in [-0.05, 0) is 69.2 Å². The van der Waals surface area contributed by atoms with Gasteiger partial charge in [-0.25, -0.2) is 14.1 Å². The second-order valence-corrected chi connectivity index (χ2v) is 9.38. The Balaban J connectivity index is 5.97.